The summed E-state index contributed by atoms with van der Waals surface area (Å²) in [7, 11) is 0. The monoisotopic (exact) mass is 355 g/mol. The van der Waals surface area contributed by atoms with E-state index in [0.717, 1.165) is 16.6 Å². The SMILES string of the molecule is CCC(C)c1ccc2nc(NC(=O)c3ccccc3[N+](=O)[O-])sc2c1. The second-order valence-corrected chi connectivity index (χ2v) is 6.81. The Morgan fingerprint density at radius 1 is 1.32 bits per heavy atom. The number of nitrogens with one attached hydrogen (secondary N) is 1. The van der Waals surface area contributed by atoms with Gasteiger partial charge in [0.25, 0.3) is 11.6 Å². The van der Waals surface area contributed by atoms with Gasteiger partial charge in [-0.25, -0.2) is 4.98 Å². The van der Waals surface area contributed by atoms with E-state index in [1.807, 2.05) is 12.1 Å². The van der Waals surface area contributed by atoms with E-state index in [1.165, 1.54) is 35.1 Å². The summed E-state index contributed by atoms with van der Waals surface area (Å²) in [6.45, 7) is 4.30. The van der Waals surface area contributed by atoms with E-state index in [9.17, 15) is 14.9 Å². The molecule has 1 N–H and O–H groups in total. The molecule has 0 aliphatic rings. The molecule has 0 radical (unpaired) electrons. The van der Waals surface area contributed by atoms with Crippen LogP contribution < -0.4 is 5.32 Å². The number of carbonyl (C=O) groups excluding carboxylic acids is 1. The summed E-state index contributed by atoms with van der Waals surface area (Å²) in [5.74, 6) is -0.0787. The smallest absolute Gasteiger partial charge is 0.282 e. The fourth-order valence-electron chi connectivity index (χ4n) is 2.53. The topological polar surface area (TPSA) is 85.1 Å². The van der Waals surface area contributed by atoms with Gasteiger partial charge in [0.2, 0.25) is 0 Å². The first-order chi connectivity index (χ1) is 12.0. The Bertz CT molecular complexity index is 952. The molecular formula is C18H17N3O3S. The number of para-hydroxylation sites is 1. The molecule has 0 saturated heterocycles. The number of hydrogen-bond donors (Lipinski definition) is 1. The first kappa shape index (κ1) is 17.0. The van der Waals surface area contributed by atoms with Crippen LogP contribution in [0.1, 0.15) is 42.1 Å². The van der Waals surface area contributed by atoms with Gasteiger partial charge in [-0.1, -0.05) is 43.4 Å². The number of thiazole rings is 1. The molecule has 1 amide bonds. The van der Waals surface area contributed by atoms with E-state index in [1.54, 1.807) is 6.07 Å². The highest BCUT2D eigenvalue weighted by atomic mass is 32.1. The molecule has 0 saturated carbocycles. The van der Waals surface area contributed by atoms with Crippen LogP contribution in [0.3, 0.4) is 0 Å². The molecule has 1 atom stereocenters. The summed E-state index contributed by atoms with van der Waals surface area (Å²) in [6, 6.07) is 11.9. The minimum absolute atomic E-state index is 0.0204. The van der Waals surface area contributed by atoms with Gasteiger partial charge < -0.3 is 0 Å². The fraction of sp³-hybridized carbons (Fsp3) is 0.222. The lowest BCUT2D eigenvalue weighted by Crippen LogP contribution is -2.13. The number of aromatic nitrogens is 1. The number of carbonyl (C=O) groups is 1. The zero-order valence-corrected chi connectivity index (χ0v) is 14.7. The summed E-state index contributed by atoms with van der Waals surface area (Å²) in [5, 5.41) is 14.2. The third-order valence-corrected chi connectivity index (χ3v) is 5.09. The Balaban J connectivity index is 1.88. The third kappa shape index (κ3) is 3.51. The number of anilines is 1. The average Bonchev–Trinajstić information content (AvgIpc) is 3.02. The molecule has 7 heteroatoms. The van der Waals surface area contributed by atoms with Crippen LogP contribution in [-0.2, 0) is 0 Å². The number of nitro benzene ring substituents is 1. The number of benzene rings is 2. The van der Waals surface area contributed by atoms with Crippen LogP contribution in [0.2, 0.25) is 0 Å². The molecule has 2 aromatic carbocycles. The Kier molecular flexibility index (Phi) is 4.76. The summed E-state index contributed by atoms with van der Waals surface area (Å²) in [4.78, 5) is 27.3. The van der Waals surface area contributed by atoms with Crippen molar-refractivity contribution >= 4 is 38.3 Å². The molecule has 1 aromatic heterocycles. The van der Waals surface area contributed by atoms with Crippen molar-refractivity contribution in [3.05, 3.63) is 63.7 Å². The van der Waals surface area contributed by atoms with Gasteiger partial charge in [-0.3, -0.25) is 20.2 Å². The van der Waals surface area contributed by atoms with Crippen molar-refractivity contribution in [1.29, 1.82) is 0 Å². The molecule has 1 heterocycles. The minimum atomic E-state index is -0.564. The Morgan fingerprint density at radius 2 is 2.08 bits per heavy atom. The lowest BCUT2D eigenvalue weighted by atomic mass is 9.99. The number of amides is 1. The van der Waals surface area contributed by atoms with Crippen LogP contribution >= 0.6 is 11.3 Å². The molecule has 0 bridgehead atoms. The zero-order chi connectivity index (χ0) is 18.0. The van der Waals surface area contributed by atoms with Crippen LogP contribution in [0.4, 0.5) is 10.8 Å². The van der Waals surface area contributed by atoms with Crippen LogP contribution in [0.5, 0.6) is 0 Å². The van der Waals surface area contributed by atoms with Gasteiger partial charge in [0.1, 0.15) is 5.56 Å². The van der Waals surface area contributed by atoms with E-state index >= 15 is 0 Å². The highest BCUT2D eigenvalue weighted by molar-refractivity contribution is 7.22. The Morgan fingerprint density at radius 3 is 2.80 bits per heavy atom. The molecule has 0 aliphatic heterocycles. The predicted octanol–water partition coefficient (Wildman–Crippen LogP) is 4.97. The maximum atomic E-state index is 12.4. The standard InChI is InChI=1S/C18H17N3O3S/c1-3-11(2)12-8-9-14-16(10-12)25-18(19-14)20-17(22)13-6-4-5-7-15(13)21(23)24/h4-11H,3H2,1-2H3,(H,19,20,22). The van der Waals surface area contributed by atoms with Gasteiger partial charge in [-0.05, 0) is 36.1 Å². The molecular weight excluding hydrogens is 338 g/mol. The van der Waals surface area contributed by atoms with Crippen LogP contribution in [0, 0.1) is 10.1 Å². The Hall–Kier alpha value is -2.80. The molecule has 0 fully saturated rings. The maximum Gasteiger partial charge on any atom is 0.282 e. The summed E-state index contributed by atoms with van der Waals surface area (Å²) < 4.78 is 0.982. The van der Waals surface area contributed by atoms with Gasteiger partial charge in [-0.2, -0.15) is 0 Å². The van der Waals surface area contributed by atoms with Crippen molar-refractivity contribution < 1.29 is 9.72 Å². The van der Waals surface area contributed by atoms with Crippen molar-refractivity contribution in [3.8, 4) is 0 Å². The molecule has 0 aliphatic carbocycles. The van der Waals surface area contributed by atoms with Gasteiger partial charge in [0, 0.05) is 6.07 Å². The molecule has 1 unspecified atom stereocenters. The van der Waals surface area contributed by atoms with Crippen LogP contribution in [0.25, 0.3) is 10.2 Å². The molecule has 6 nitrogen and oxygen atoms in total. The van der Waals surface area contributed by atoms with Gasteiger partial charge in [-0.15, -0.1) is 0 Å². The minimum Gasteiger partial charge on any atom is -0.298 e. The highest BCUT2D eigenvalue weighted by Crippen LogP contribution is 2.30. The van der Waals surface area contributed by atoms with Gasteiger partial charge in [0.05, 0.1) is 15.1 Å². The normalized spacial score (nSPS) is 12.1. The molecule has 3 aromatic rings. The zero-order valence-electron chi connectivity index (χ0n) is 13.9. The fourth-order valence-corrected chi connectivity index (χ4v) is 3.44. The summed E-state index contributed by atoms with van der Waals surface area (Å²) >= 11 is 1.36. The van der Waals surface area contributed by atoms with Crippen LogP contribution in [-0.4, -0.2) is 15.8 Å². The third-order valence-electron chi connectivity index (χ3n) is 4.16. The second kappa shape index (κ2) is 6.98. The first-order valence-corrected chi connectivity index (χ1v) is 8.76. The number of hydrogen-bond acceptors (Lipinski definition) is 5. The van der Waals surface area contributed by atoms with Crippen molar-refractivity contribution in [2.75, 3.05) is 5.32 Å². The molecule has 128 valence electrons. The lowest BCUT2D eigenvalue weighted by Gasteiger charge is -2.07. The largest absolute Gasteiger partial charge is 0.298 e. The van der Waals surface area contributed by atoms with E-state index in [4.69, 9.17) is 0 Å². The molecule has 0 spiro atoms. The van der Waals surface area contributed by atoms with Crippen molar-refractivity contribution in [2.45, 2.75) is 26.2 Å². The van der Waals surface area contributed by atoms with E-state index in [2.05, 4.69) is 30.2 Å². The number of nitro groups is 1. The number of rotatable bonds is 5. The average molecular weight is 355 g/mol. The van der Waals surface area contributed by atoms with E-state index in [-0.39, 0.29) is 11.3 Å². The van der Waals surface area contributed by atoms with Crippen molar-refractivity contribution in [1.82, 2.24) is 4.98 Å². The summed E-state index contributed by atoms with van der Waals surface area (Å²) in [5.41, 5.74) is 1.83. The molecule has 3 rings (SSSR count). The van der Waals surface area contributed by atoms with Crippen molar-refractivity contribution in [2.24, 2.45) is 0 Å². The Labute approximate surface area is 148 Å². The molecule has 25 heavy (non-hydrogen) atoms. The maximum absolute atomic E-state index is 12.4. The first-order valence-electron chi connectivity index (χ1n) is 7.95. The van der Waals surface area contributed by atoms with Gasteiger partial charge in [0.15, 0.2) is 5.13 Å². The number of nitrogens with zero attached hydrogens (tertiary/aromatic N) is 2. The van der Waals surface area contributed by atoms with E-state index < -0.39 is 10.8 Å². The van der Waals surface area contributed by atoms with Crippen LogP contribution in [0.15, 0.2) is 42.5 Å². The van der Waals surface area contributed by atoms with E-state index in [0.29, 0.717) is 11.0 Å². The van der Waals surface area contributed by atoms with Gasteiger partial charge >= 0.3 is 0 Å². The predicted molar refractivity (Wildman–Crippen MR) is 99.4 cm³/mol. The lowest BCUT2D eigenvalue weighted by molar-refractivity contribution is -0.385. The quantitative estimate of drug-likeness (QED) is 0.517. The highest BCUT2D eigenvalue weighted by Gasteiger charge is 2.20. The second-order valence-electron chi connectivity index (χ2n) is 5.78. The summed E-state index contributed by atoms with van der Waals surface area (Å²) in [6.07, 6.45) is 1.05. The van der Waals surface area contributed by atoms with Crippen molar-refractivity contribution in [3.63, 3.8) is 0 Å². The number of fused-ring (bicyclic) bond motifs is 1.